The summed E-state index contributed by atoms with van der Waals surface area (Å²) in [7, 11) is 0. The molecule has 3 aromatic rings. The summed E-state index contributed by atoms with van der Waals surface area (Å²) >= 11 is 7.67. The van der Waals surface area contributed by atoms with E-state index in [0.717, 1.165) is 52.2 Å². The van der Waals surface area contributed by atoms with Crippen LogP contribution in [0.2, 0.25) is 0 Å². The van der Waals surface area contributed by atoms with E-state index in [1.54, 1.807) is 12.1 Å². The molecule has 0 aliphatic carbocycles. The molecule has 0 amide bonds. The topological polar surface area (TPSA) is 21.1 Å². The summed E-state index contributed by atoms with van der Waals surface area (Å²) in [6.07, 6.45) is 0. The van der Waals surface area contributed by atoms with E-state index in [-0.39, 0.29) is 5.82 Å². The zero-order chi connectivity index (χ0) is 17.9. The highest BCUT2D eigenvalue weighted by Gasteiger charge is 2.20. The molecular weight excluding hydrogens is 365 g/mol. The fourth-order valence-electron chi connectivity index (χ4n) is 3.01. The van der Waals surface area contributed by atoms with Gasteiger partial charge in [0.15, 0.2) is 0 Å². The van der Waals surface area contributed by atoms with Gasteiger partial charge in [-0.15, -0.1) is 0 Å². The molecule has 26 heavy (non-hydrogen) atoms. The lowest BCUT2D eigenvalue weighted by Crippen LogP contribution is -2.37. The third-order valence-electron chi connectivity index (χ3n) is 4.37. The number of rotatable bonds is 3. The maximum Gasteiger partial charge on any atom is 0.129 e. The molecule has 0 radical (unpaired) electrons. The fourth-order valence-corrected chi connectivity index (χ4v) is 4.19. The Hall–Kier alpha value is -2.18. The Kier molecular flexibility index (Phi) is 5.04. The van der Waals surface area contributed by atoms with Gasteiger partial charge in [-0.25, -0.2) is 9.07 Å². The number of hydrogen-bond donors (Lipinski definition) is 0. The number of halogens is 1. The summed E-state index contributed by atoms with van der Waals surface area (Å²) in [6.45, 7) is 1.90. The molecule has 0 N–H and O–H groups in total. The summed E-state index contributed by atoms with van der Waals surface area (Å²) in [4.78, 5) is 3.00. The number of nitrogens with zero attached hydrogens (tertiary/aromatic N) is 3. The lowest BCUT2D eigenvalue weighted by Gasteiger charge is -2.27. The van der Waals surface area contributed by atoms with Crippen molar-refractivity contribution in [3.63, 3.8) is 0 Å². The molecule has 1 saturated heterocycles. The smallest absolute Gasteiger partial charge is 0.129 e. The minimum absolute atomic E-state index is 0.249. The fraction of sp³-hybridized carbons (Fsp3) is 0.200. The van der Waals surface area contributed by atoms with Crippen molar-refractivity contribution in [2.24, 2.45) is 0 Å². The second-order valence-corrected chi connectivity index (χ2v) is 7.69. The summed E-state index contributed by atoms with van der Waals surface area (Å²) in [5.74, 6) is 1.93. The minimum Gasteiger partial charge on any atom is -0.359 e. The van der Waals surface area contributed by atoms with Crippen molar-refractivity contribution in [1.82, 2.24) is 14.7 Å². The molecule has 2 heterocycles. The minimum atomic E-state index is -0.249. The van der Waals surface area contributed by atoms with Crippen LogP contribution in [0.4, 0.5) is 4.39 Å². The van der Waals surface area contributed by atoms with E-state index in [9.17, 15) is 4.39 Å². The largest absolute Gasteiger partial charge is 0.359 e. The number of para-hydroxylation sites is 1. The third-order valence-corrected chi connectivity index (χ3v) is 5.78. The highest BCUT2D eigenvalue weighted by atomic mass is 32.2. The van der Waals surface area contributed by atoms with Gasteiger partial charge < -0.3 is 4.90 Å². The molecule has 0 atom stereocenters. The van der Waals surface area contributed by atoms with Crippen molar-refractivity contribution in [1.29, 1.82) is 0 Å². The van der Waals surface area contributed by atoms with Crippen molar-refractivity contribution >= 4 is 29.0 Å². The van der Waals surface area contributed by atoms with Gasteiger partial charge in [0.25, 0.3) is 0 Å². The molecule has 6 heteroatoms. The van der Waals surface area contributed by atoms with Gasteiger partial charge in [0.05, 0.1) is 11.4 Å². The second-order valence-electron chi connectivity index (χ2n) is 6.07. The standard InChI is InChI=1S/C20H18FN3S2/c21-16-8-6-15(7-9-16)19-14-18(20(25)23-10-12-26-13-11-23)22-24(19)17-4-2-1-3-5-17/h1-9,14H,10-13H2. The van der Waals surface area contributed by atoms with Crippen LogP contribution < -0.4 is 0 Å². The van der Waals surface area contributed by atoms with Gasteiger partial charge in [-0.2, -0.15) is 16.9 Å². The zero-order valence-electron chi connectivity index (χ0n) is 14.1. The van der Waals surface area contributed by atoms with E-state index in [4.69, 9.17) is 17.3 Å². The van der Waals surface area contributed by atoms with Crippen LogP contribution in [-0.2, 0) is 0 Å². The maximum absolute atomic E-state index is 13.4. The molecule has 1 aliphatic heterocycles. The summed E-state index contributed by atoms with van der Waals surface area (Å²) < 4.78 is 15.2. The van der Waals surface area contributed by atoms with E-state index in [2.05, 4.69) is 4.90 Å². The first-order valence-corrected chi connectivity index (χ1v) is 10.1. The molecule has 4 rings (SSSR count). The van der Waals surface area contributed by atoms with Crippen molar-refractivity contribution in [2.45, 2.75) is 0 Å². The SMILES string of the molecule is Fc1ccc(-c2cc(C(=S)N3CCSCC3)nn2-c2ccccc2)cc1. The Morgan fingerprint density at radius 1 is 1.00 bits per heavy atom. The number of hydrogen-bond acceptors (Lipinski definition) is 3. The molecule has 3 nitrogen and oxygen atoms in total. The number of aromatic nitrogens is 2. The summed E-state index contributed by atoms with van der Waals surface area (Å²) in [6, 6.07) is 18.4. The van der Waals surface area contributed by atoms with Crippen LogP contribution in [0.3, 0.4) is 0 Å². The molecule has 0 spiro atoms. The van der Waals surface area contributed by atoms with Gasteiger partial charge in [0.1, 0.15) is 16.5 Å². The average molecular weight is 384 g/mol. The molecule has 0 saturated carbocycles. The Labute approximate surface area is 161 Å². The predicted octanol–water partition coefficient (Wildman–Crippen LogP) is 4.40. The van der Waals surface area contributed by atoms with Crippen molar-refractivity contribution in [2.75, 3.05) is 24.6 Å². The maximum atomic E-state index is 13.4. The quantitative estimate of drug-likeness (QED) is 0.625. The van der Waals surface area contributed by atoms with Crippen molar-refractivity contribution < 1.29 is 4.39 Å². The van der Waals surface area contributed by atoms with Gasteiger partial charge in [-0.1, -0.05) is 30.4 Å². The van der Waals surface area contributed by atoms with Crippen LogP contribution in [0, 0.1) is 5.82 Å². The first-order chi connectivity index (χ1) is 12.7. The first-order valence-electron chi connectivity index (χ1n) is 8.51. The van der Waals surface area contributed by atoms with Crippen molar-refractivity contribution in [3.8, 4) is 16.9 Å². The molecule has 0 unspecified atom stereocenters. The van der Waals surface area contributed by atoms with Crippen LogP contribution in [0.15, 0.2) is 60.7 Å². The van der Waals surface area contributed by atoms with E-state index in [1.165, 1.54) is 12.1 Å². The van der Waals surface area contributed by atoms with Gasteiger partial charge in [0, 0.05) is 30.2 Å². The normalized spacial score (nSPS) is 14.4. The second kappa shape index (κ2) is 7.60. The molecule has 0 bridgehead atoms. The van der Waals surface area contributed by atoms with Crippen LogP contribution in [0.25, 0.3) is 16.9 Å². The number of benzene rings is 2. The molecule has 132 valence electrons. The lowest BCUT2D eigenvalue weighted by atomic mass is 10.1. The van der Waals surface area contributed by atoms with Crippen LogP contribution in [-0.4, -0.2) is 44.3 Å². The Balaban J connectivity index is 1.77. The van der Waals surface area contributed by atoms with Crippen LogP contribution >= 0.6 is 24.0 Å². The van der Waals surface area contributed by atoms with E-state index in [1.807, 2.05) is 52.8 Å². The Morgan fingerprint density at radius 3 is 2.38 bits per heavy atom. The van der Waals surface area contributed by atoms with Gasteiger partial charge >= 0.3 is 0 Å². The number of thiocarbonyl (C=S) groups is 1. The molecular formula is C20H18FN3S2. The van der Waals surface area contributed by atoms with E-state index >= 15 is 0 Å². The molecule has 1 fully saturated rings. The summed E-state index contributed by atoms with van der Waals surface area (Å²) in [5.41, 5.74) is 3.55. The van der Waals surface area contributed by atoms with Gasteiger partial charge in [0.2, 0.25) is 0 Å². The molecule has 1 aromatic heterocycles. The Bertz CT molecular complexity index is 901. The van der Waals surface area contributed by atoms with Crippen LogP contribution in [0.1, 0.15) is 5.69 Å². The zero-order valence-corrected chi connectivity index (χ0v) is 15.8. The van der Waals surface area contributed by atoms with E-state index < -0.39 is 0 Å². The van der Waals surface area contributed by atoms with Gasteiger partial charge in [-0.05, 0) is 42.5 Å². The highest BCUT2D eigenvalue weighted by molar-refractivity contribution is 7.99. The number of thioether (sulfide) groups is 1. The third kappa shape index (κ3) is 3.52. The highest BCUT2D eigenvalue weighted by Crippen LogP contribution is 2.25. The first kappa shape index (κ1) is 17.2. The lowest BCUT2D eigenvalue weighted by molar-refractivity contribution is 0.471. The molecule has 2 aromatic carbocycles. The van der Waals surface area contributed by atoms with Crippen LogP contribution in [0.5, 0.6) is 0 Å². The Morgan fingerprint density at radius 2 is 1.69 bits per heavy atom. The summed E-state index contributed by atoms with van der Waals surface area (Å²) in [5, 5.41) is 4.79. The van der Waals surface area contributed by atoms with Crippen molar-refractivity contribution in [3.05, 3.63) is 72.2 Å². The van der Waals surface area contributed by atoms with E-state index in [0.29, 0.717) is 0 Å². The average Bonchev–Trinajstić information content (AvgIpc) is 3.15. The molecule has 1 aliphatic rings. The van der Waals surface area contributed by atoms with Gasteiger partial charge in [-0.3, -0.25) is 0 Å². The predicted molar refractivity (Wildman–Crippen MR) is 110 cm³/mol. The monoisotopic (exact) mass is 383 g/mol.